The third-order valence-corrected chi connectivity index (χ3v) is 3.59. The van der Waals surface area contributed by atoms with Gasteiger partial charge in [0.1, 0.15) is 11.9 Å². The van der Waals surface area contributed by atoms with E-state index < -0.39 is 23.4 Å². The fourth-order valence-electron chi connectivity index (χ4n) is 2.42. The second-order valence-electron chi connectivity index (χ2n) is 5.11. The Bertz CT molecular complexity index is 969. The number of nitrogens with one attached hydrogen (secondary N) is 2. The third kappa shape index (κ3) is 2.51. The molecule has 1 aromatic carbocycles. The van der Waals surface area contributed by atoms with Crippen LogP contribution in [-0.4, -0.2) is 21.6 Å². The highest BCUT2D eigenvalue weighted by Gasteiger charge is 2.35. The number of nitriles is 2. The highest BCUT2D eigenvalue weighted by atomic mass is 16.2. The first-order valence-electron chi connectivity index (χ1n) is 6.89. The molecule has 3 rings (SSSR count). The highest BCUT2D eigenvalue weighted by Crippen LogP contribution is 2.29. The van der Waals surface area contributed by atoms with Crippen LogP contribution in [0.1, 0.15) is 17.2 Å². The zero-order valence-electron chi connectivity index (χ0n) is 12.2. The first kappa shape index (κ1) is 15.1. The summed E-state index contributed by atoms with van der Waals surface area (Å²) in [6, 6.07) is 10.7. The molecule has 0 radical (unpaired) electrons. The molecule has 1 amide bonds. The average Bonchev–Trinajstić information content (AvgIpc) is 2.92. The Labute approximate surface area is 135 Å². The van der Waals surface area contributed by atoms with E-state index in [4.69, 9.17) is 11.0 Å². The number of anilines is 1. The number of hydrogen-bond acceptors (Lipinski definition) is 6. The smallest absolute Gasteiger partial charge is 0.266 e. The van der Waals surface area contributed by atoms with Gasteiger partial charge in [-0.1, -0.05) is 12.1 Å². The van der Waals surface area contributed by atoms with Crippen molar-refractivity contribution in [3.05, 3.63) is 51.8 Å². The number of hydrogen-bond donors (Lipinski definition) is 3. The second kappa shape index (κ2) is 5.74. The molecule has 2 heterocycles. The van der Waals surface area contributed by atoms with Crippen molar-refractivity contribution in [2.24, 2.45) is 10.9 Å². The Morgan fingerprint density at radius 3 is 2.46 bits per heavy atom. The van der Waals surface area contributed by atoms with Gasteiger partial charge in [-0.2, -0.15) is 10.5 Å². The molecule has 0 saturated heterocycles. The van der Waals surface area contributed by atoms with Crippen LogP contribution in [0.15, 0.2) is 40.1 Å². The number of aromatic amines is 1. The Hall–Kier alpha value is -3.85. The van der Waals surface area contributed by atoms with Gasteiger partial charge in [-0.15, -0.1) is 0 Å². The van der Waals surface area contributed by atoms with Gasteiger partial charge in [0.05, 0.1) is 17.7 Å². The number of aromatic nitrogens is 2. The molecule has 24 heavy (non-hydrogen) atoms. The summed E-state index contributed by atoms with van der Waals surface area (Å²) in [7, 11) is 0. The minimum atomic E-state index is -1.04. The number of amides is 1. The van der Waals surface area contributed by atoms with Gasteiger partial charge in [-0.25, -0.2) is 9.67 Å². The van der Waals surface area contributed by atoms with Crippen LogP contribution in [0.5, 0.6) is 0 Å². The van der Waals surface area contributed by atoms with Crippen molar-refractivity contribution in [3.63, 3.8) is 0 Å². The molecule has 1 aliphatic rings. The largest absolute Gasteiger partial charge is 0.383 e. The van der Waals surface area contributed by atoms with Gasteiger partial charge < -0.3 is 5.73 Å². The van der Waals surface area contributed by atoms with Crippen LogP contribution in [0, 0.1) is 28.6 Å². The highest BCUT2D eigenvalue weighted by molar-refractivity contribution is 6.02. The van der Waals surface area contributed by atoms with E-state index >= 15 is 0 Å². The SMILES string of the molecule is N#Cc1ccc(C2N=C(n3[nH]c(=O)cc3N)NC(=O)C2C#N)cc1. The van der Waals surface area contributed by atoms with Gasteiger partial charge in [0.2, 0.25) is 11.9 Å². The van der Waals surface area contributed by atoms with Gasteiger partial charge in [0.25, 0.3) is 5.56 Å². The molecule has 0 spiro atoms. The number of carbonyl (C=O) groups excluding carboxylic acids is 1. The van der Waals surface area contributed by atoms with E-state index in [1.165, 1.54) is 0 Å². The van der Waals surface area contributed by atoms with Crippen LogP contribution < -0.4 is 16.6 Å². The van der Waals surface area contributed by atoms with E-state index in [0.29, 0.717) is 11.1 Å². The molecule has 4 N–H and O–H groups in total. The number of nitrogen functional groups attached to an aromatic ring is 1. The Morgan fingerprint density at radius 1 is 1.21 bits per heavy atom. The minimum Gasteiger partial charge on any atom is -0.383 e. The number of nitrogens with zero attached hydrogens (tertiary/aromatic N) is 4. The molecule has 0 aliphatic carbocycles. The maximum Gasteiger partial charge on any atom is 0.266 e. The summed E-state index contributed by atoms with van der Waals surface area (Å²) in [5.41, 5.74) is 6.32. The topological polar surface area (TPSA) is 153 Å². The second-order valence-corrected chi connectivity index (χ2v) is 5.11. The summed E-state index contributed by atoms with van der Waals surface area (Å²) in [5.74, 6) is -1.48. The van der Waals surface area contributed by atoms with Crippen LogP contribution in [0.3, 0.4) is 0 Å². The van der Waals surface area contributed by atoms with E-state index in [0.717, 1.165) is 10.7 Å². The van der Waals surface area contributed by atoms with E-state index in [2.05, 4.69) is 15.4 Å². The van der Waals surface area contributed by atoms with E-state index in [9.17, 15) is 14.9 Å². The van der Waals surface area contributed by atoms with Crippen molar-refractivity contribution in [1.82, 2.24) is 15.1 Å². The van der Waals surface area contributed by atoms with Crippen LogP contribution in [0.2, 0.25) is 0 Å². The van der Waals surface area contributed by atoms with Gasteiger partial charge in [0.15, 0.2) is 5.92 Å². The summed E-state index contributed by atoms with van der Waals surface area (Å²) >= 11 is 0. The van der Waals surface area contributed by atoms with E-state index in [1.807, 2.05) is 12.1 Å². The number of nitrogens with two attached hydrogens (primary N) is 1. The predicted molar refractivity (Wildman–Crippen MR) is 83.4 cm³/mol. The number of carbonyl (C=O) groups is 1. The summed E-state index contributed by atoms with van der Waals surface area (Å²) in [6.45, 7) is 0. The molecular formula is C15H11N7O2. The molecule has 2 aromatic rings. The van der Waals surface area contributed by atoms with Gasteiger partial charge in [0, 0.05) is 6.07 Å². The quantitative estimate of drug-likeness (QED) is 0.666. The predicted octanol–water partition coefficient (Wildman–Crippen LogP) is -0.155. The zero-order valence-corrected chi connectivity index (χ0v) is 12.2. The molecule has 1 aliphatic heterocycles. The standard InChI is InChI=1S/C15H11N7O2/c16-6-8-1-3-9(4-2-8)13-10(7-17)14(24)20-15(19-13)22-11(18)5-12(23)21-22/h1-5,10,13H,18H2,(H,21,23)(H,19,20,24). The van der Waals surface area contributed by atoms with Gasteiger partial charge >= 0.3 is 0 Å². The van der Waals surface area contributed by atoms with Crippen molar-refractivity contribution in [2.45, 2.75) is 6.04 Å². The molecule has 118 valence electrons. The Morgan fingerprint density at radius 2 is 1.92 bits per heavy atom. The molecule has 2 atom stereocenters. The summed E-state index contributed by atoms with van der Waals surface area (Å²) in [5, 5.41) is 23.0. The minimum absolute atomic E-state index is 0.0282. The zero-order chi connectivity index (χ0) is 17.3. The monoisotopic (exact) mass is 321 g/mol. The fourth-order valence-corrected chi connectivity index (χ4v) is 2.42. The lowest BCUT2D eigenvalue weighted by Gasteiger charge is -2.25. The van der Waals surface area contributed by atoms with Crippen molar-refractivity contribution in [2.75, 3.05) is 5.73 Å². The first-order chi connectivity index (χ1) is 11.5. The molecule has 0 fully saturated rings. The lowest BCUT2D eigenvalue weighted by atomic mass is 9.92. The van der Waals surface area contributed by atoms with Gasteiger partial charge in [-0.3, -0.25) is 20.0 Å². The number of aliphatic imine (C=N–C) groups is 1. The average molecular weight is 321 g/mol. The fraction of sp³-hybridized carbons (Fsp3) is 0.133. The van der Waals surface area contributed by atoms with Crippen molar-refractivity contribution >= 4 is 17.7 Å². The summed E-state index contributed by atoms with van der Waals surface area (Å²) < 4.78 is 1.14. The van der Waals surface area contributed by atoms with Gasteiger partial charge in [-0.05, 0) is 17.7 Å². The number of rotatable bonds is 1. The third-order valence-electron chi connectivity index (χ3n) is 3.59. The molecule has 1 aromatic heterocycles. The molecule has 0 bridgehead atoms. The molecule has 9 heteroatoms. The van der Waals surface area contributed by atoms with E-state index in [-0.39, 0.29) is 11.8 Å². The van der Waals surface area contributed by atoms with Crippen LogP contribution in [0.25, 0.3) is 0 Å². The Balaban J connectivity index is 2.09. The van der Waals surface area contributed by atoms with Crippen LogP contribution in [-0.2, 0) is 4.79 Å². The Kier molecular flexibility index (Phi) is 3.60. The maximum atomic E-state index is 12.2. The van der Waals surface area contributed by atoms with Crippen LogP contribution in [0.4, 0.5) is 5.82 Å². The molecular weight excluding hydrogens is 310 g/mol. The number of H-pyrrole nitrogens is 1. The first-order valence-corrected chi connectivity index (χ1v) is 6.89. The molecule has 9 nitrogen and oxygen atoms in total. The lowest BCUT2D eigenvalue weighted by Crippen LogP contribution is -2.46. The lowest BCUT2D eigenvalue weighted by molar-refractivity contribution is -0.123. The summed E-state index contributed by atoms with van der Waals surface area (Å²) in [4.78, 5) is 27.9. The normalized spacial score (nSPS) is 19.8. The molecule has 0 saturated carbocycles. The van der Waals surface area contributed by atoms with Crippen molar-refractivity contribution in [3.8, 4) is 12.1 Å². The summed E-state index contributed by atoms with van der Waals surface area (Å²) in [6.07, 6.45) is 0. The number of benzene rings is 1. The maximum absolute atomic E-state index is 12.2. The van der Waals surface area contributed by atoms with E-state index in [1.54, 1.807) is 24.3 Å². The van der Waals surface area contributed by atoms with Crippen molar-refractivity contribution in [1.29, 1.82) is 10.5 Å². The molecule has 2 unspecified atom stereocenters. The van der Waals surface area contributed by atoms with Crippen molar-refractivity contribution < 1.29 is 4.79 Å². The van der Waals surface area contributed by atoms with Crippen LogP contribution >= 0.6 is 0 Å².